The van der Waals surface area contributed by atoms with Gasteiger partial charge in [-0.3, -0.25) is 9.59 Å². The van der Waals surface area contributed by atoms with Crippen molar-refractivity contribution in [2.45, 2.75) is 51.9 Å². The number of aryl methyl sites for hydroxylation is 1. The van der Waals surface area contributed by atoms with Crippen molar-refractivity contribution in [1.29, 1.82) is 0 Å². The van der Waals surface area contributed by atoms with Gasteiger partial charge in [0.15, 0.2) is 0 Å². The number of nitrogens with one attached hydrogen (secondary N) is 2. The van der Waals surface area contributed by atoms with E-state index < -0.39 is 0 Å². The van der Waals surface area contributed by atoms with Crippen LogP contribution in [0.2, 0.25) is 5.02 Å². The number of carbonyl (C=O) groups is 2. The molecule has 140 valence electrons. The van der Waals surface area contributed by atoms with Gasteiger partial charge in [-0.15, -0.1) is 0 Å². The van der Waals surface area contributed by atoms with Crippen molar-refractivity contribution >= 4 is 29.1 Å². The summed E-state index contributed by atoms with van der Waals surface area (Å²) >= 11 is 5.99. The van der Waals surface area contributed by atoms with Crippen LogP contribution in [0.5, 0.6) is 0 Å². The molecule has 2 N–H and O–H groups in total. The molecule has 0 radical (unpaired) electrons. The Morgan fingerprint density at radius 2 is 1.73 bits per heavy atom. The van der Waals surface area contributed by atoms with Crippen LogP contribution in [-0.4, -0.2) is 18.4 Å². The third-order valence-corrected chi connectivity index (χ3v) is 6.87. The molecule has 4 bridgehead atoms. The fourth-order valence-electron chi connectivity index (χ4n) is 5.81. The van der Waals surface area contributed by atoms with Crippen molar-refractivity contribution in [3.05, 3.63) is 28.8 Å². The first-order chi connectivity index (χ1) is 12.4. The molecule has 1 aromatic rings. The predicted molar refractivity (Wildman–Crippen MR) is 103 cm³/mol. The van der Waals surface area contributed by atoms with Gasteiger partial charge in [-0.2, -0.15) is 0 Å². The molecule has 4 aliphatic rings. The van der Waals surface area contributed by atoms with Crippen LogP contribution in [0.15, 0.2) is 18.2 Å². The minimum absolute atomic E-state index is 0.0961. The molecule has 4 nitrogen and oxygen atoms in total. The Morgan fingerprint density at radius 3 is 2.35 bits per heavy atom. The van der Waals surface area contributed by atoms with E-state index in [4.69, 9.17) is 11.6 Å². The SMILES string of the molecule is Cc1ccc(Cl)cc1NC(=O)CCNC(=O)C12CC3CC(CC(C3)C1)C2. The van der Waals surface area contributed by atoms with E-state index in [0.29, 0.717) is 11.6 Å². The van der Waals surface area contributed by atoms with Gasteiger partial charge in [-0.1, -0.05) is 17.7 Å². The van der Waals surface area contributed by atoms with Gasteiger partial charge >= 0.3 is 0 Å². The molecule has 0 spiro atoms. The Kier molecular flexibility index (Phi) is 4.72. The largest absolute Gasteiger partial charge is 0.355 e. The lowest BCUT2D eigenvalue weighted by Gasteiger charge is -2.55. The second-order valence-electron chi connectivity index (χ2n) is 8.71. The number of halogens is 1. The van der Waals surface area contributed by atoms with Gasteiger partial charge in [0.2, 0.25) is 11.8 Å². The zero-order chi connectivity index (χ0) is 18.3. The first-order valence-electron chi connectivity index (χ1n) is 9.78. The van der Waals surface area contributed by atoms with E-state index in [1.54, 1.807) is 12.1 Å². The lowest BCUT2D eigenvalue weighted by Crippen LogP contribution is -2.53. The number of benzene rings is 1. The van der Waals surface area contributed by atoms with Crippen molar-refractivity contribution in [3.8, 4) is 0 Å². The first-order valence-corrected chi connectivity index (χ1v) is 10.2. The van der Waals surface area contributed by atoms with Gasteiger partial charge in [-0.05, 0) is 80.9 Å². The number of carbonyl (C=O) groups excluding carboxylic acids is 2. The molecule has 0 saturated heterocycles. The molecule has 0 aromatic heterocycles. The molecule has 26 heavy (non-hydrogen) atoms. The lowest BCUT2D eigenvalue weighted by atomic mass is 9.49. The fourth-order valence-corrected chi connectivity index (χ4v) is 5.98. The highest BCUT2D eigenvalue weighted by molar-refractivity contribution is 6.31. The second-order valence-corrected chi connectivity index (χ2v) is 9.15. The van der Waals surface area contributed by atoms with Gasteiger partial charge in [0.25, 0.3) is 0 Å². The molecule has 5 rings (SSSR count). The Balaban J connectivity index is 1.29. The molecule has 4 fully saturated rings. The van der Waals surface area contributed by atoms with Crippen LogP contribution in [0.25, 0.3) is 0 Å². The monoisotopic (exact) mass is 374 g/mol. The maximum absolute atomic E-state index is 12.9. The van der Waals surface area contributed by atoms with Crippen LogP contribution >= 0.6 is 11.6 Å². The molecule has 0 unspecified atom stereocenters. The van der Waals surface area contributed by atoms with Gasteiger partial charge < -0.3 is 10.6 Å². The van der Waals surface area contributed by atoms with E-state index in [9.17, 15) is 9.59 Å². The molecule has 5 heteroatoms. The summed E-state index contributed by atoms with van der Waals surface area (Å²) in [5, 5.41) is 6.54. The van der Waals surface area contributed by atoms with E-state index >= 15 is 0 Å². The van der Waals surface area contributed by atoms with Crippen LogP contribution in [-0.2, 0) is 9.59 Å². The third-order valence-electron chi connectivity index (χ3n) is 6.63. The van der Waals surface area contributed by atoms with Crippen LogP contribution < -0.4 is 10.6 Å². The van der Waals surface area contributed by atoms with Crippen molar-refractivity contribution in [1.82, 2.24) is 5.32 Å². The van der Waals surface area contributed by atoms with E-state index in [-0.39, 0.29) is 23.7 Å². The summed E-state index contributed by atoms with van der Waals surface area (Å²) in [7, 11) is 0. The summed E-state index contributed by atoms with van der Waals surface area (Å²) in [6.45, 7) is 2.33. The predicted octanol–water partition coefficient (Wildman–Crippen LogP) is 4.31. The number of anilines is 1. The number of rotatable bonds is 5. The minimum Gasteiger partial charge on any atom is -0.355 e. The minimum atomic E-state index is -0.144. The molecule has 4 aliphatic carbocycles. The van der Waals surface area contributed by atoms with Crippen molar-refractivity contribution in [2.75, 3.05) is 11.9 Å². The zero-order valence-corrected chi connectivity index (χ0v) is 16.1. The maximum atomic E-state index is 12.9. The summed E-state index contributed by atoms with van der Waals surface area (Å²) < 4.78 is 0. The number of hydrogen-bond donors (Lipinski definition) is 2. The standard InChI is InChI=1S/C21H27ClN2O2/c1-13-2-3-17(22)9-18(13)24-19(25)4-5-23-20(26)21-10-14-6-15(11-21)8-16(7-14)12-21/h2-3,9,14-16H,4-8,10-12H2,1H3,(H,23,26)(H,24,25). The van der Waals surface area contributed by atoms with Crippen LogP contribution in [0.1, 0.15) is 50.5 Å². The Hall–Kier alpha value is -1.55. The van der Waals surface area contributed by atoms with Crippen molar-refractivity contribution < 1.29 is 9.59 Å². The fraction of sp³-hybridized carbons (Fsp3) is 0.619. The smallest absolute Gasteiger partial charge is 0.226 e. The molecular weight excluding hydrogens is 348 g/mol. The molecule has 2 amide bonds. The highest BCUT2D eigenvalue weighted by Gasteiger charge is 2.54. The molecular formula is C21H27ClN2O2. The van der Waals surface area contributed by atoms with E-state index in [0.717, 1.165) is 48.3 Å². The highest BCUT2D eigenvalue weighted by Crippen LogP contribution is 2.60. The number of hydrogen-bond acceptors (Lipinski definition) is 2. The van der Waals surface area contributed by atoms with E-state index in [1.807, 2.05) is 13.0 Å². The topological polar surface area (TPSA) is 58.2 Å². The van der Waals surface area contributed by atoms with E-state index in [2.05, 4.69) is 10.6 Å². The van der Waals surface area contributed by atoms with Crippen LogP contribution in [0, 0.1) is 30.1 Å². The zero-order valence-electron chi connectivity index (χ0n) is 15.3. The second kappa shape index (κ2) is 6.88. The van der Waals surface area contributed by atoms with Crippen molar-refractivity contribution in [2.24, 2.45) is 23.2 Å². The van der Waals surface area contributed by atoms with Crippen molar-refractivity contribution in [3.63, 3.8) is 0 Å². The molecule has 0 heterocycles. The van der Waals surface area contributed by atoms with Crippen LogP contribution in [0.4, 0.5) is 5.69 Å². The van der Waals surface area contributed by atoms with Gasteiger partial charge in [0, 0.05) is 29.1 Å². The summed E-state index contributed by atoms with van der Waals surface area (Å²) in [6.07, 6.45) is 7.43. The highest BCUT2D eigenvalue weighted by atomic mass is 35.5. The number of amides is 2. The average Bonchev–Trinajstić information content (AvgIpc) is 2.57. The normalized spacial score (nSPS) is 31.7. The third kappa shape index (κ3) is 3.48. The summed E-state index contributed by atoms with van der Waals surface area (Å²) in [6, 6.07) is 5.44. The lowest BCUT2D eigenvalue weighted by molar-refractivity contribution is -0.146. The molecule has 0 atom stereocenters. The Bertz CT molecular complexity index is 695. The van der Waals surface area contributed by atoms with Gasteiger partial charge in [0.1, 0.15) is 0 Å². The maximum Gasteiger partial charge on any atom is 0.226 e. The Labute approximate surface area is 160 Å². The summed E-state index contributed by atoms with van der Waals surface area (Å²) in [5.41, 5.74) is 1.56. The van der Waals surface area contributed by atoms with Crippen LogP contribution in [0.3, 0.4) is 0 Å². The summed E-state index contributed by atoms with van der Waals surface area (Å²) in [5.74, 6) is 2.34. The Morgan fingerprint density at radius 1 is 1.12 bits per heavy atom. The van der Waals surface area contributed by atoms with Gasteiger partial charge in [-0.25, -0.2) is 0 Å². The average molecular weight is 375 g/mol. The molecule has 4 saturated carbocycles. The molecule has 0 aliphatic heterocycles. The first kappa shape index (κ1) is 17.8. The quantitative estimate of drug-likeness (QED) is 0.806. The van der Waals surface area contributed by atoms with E-state index in [1.165, 1.54) is 19.3 Å². The summed E-state index contributed by atoms with van der Waals surface area (Å²) in [4.78, 5) is 25.1. The molecule has 1 aromatic carbocycles. The van der Waals surface area contributed by atoms with Gasteiger partial charge in [0.05, 0.1) is 0 Å².